The molecule has 0 atom stereocenters. The summed E-state index contributed by atoms with van der Waals surface area (Å²) in [5.74, 6) is -0.574. The molecule has 150 valence electrons. The molecule has 1 aliphatic rings. The van der Waals surface area contributed by atoms with Crippen LogP contribution in [-0.4, -0.2) is 28.3 Å². The number of hydrogen-bond donors (Lipinski definition) is 1. The molecule has 3 aromatic rings. The van der Waals surface area contributed by atoms with Gasteiger partial charge in [0.15, 0.2) is 0 Å². The first kappa shape index (κ1) is 19.3. The number of nitrogens with one attached hydrogen (secondary N) is 1. The summed E-state index contributed by atoms with van der Waals surface area (Å²) < 4.78 is 0. The van der Waals surface area contributed by atoms with Crippen molar-refractivity contribution < 1.29 is 14.5 Å². The van der Waals surface area contributed by atoms with Crippen LogP contribution in [0.4, 0.5) is 17.1 Å². The van der Waals surface area contributed by atoms with Crippen molar-refractivity contribution in [1.82, 2.24) is 4.98 Å². The fourth-order valence-electron chi connectivity index (χ4n) is 3.58. The third-order valence-electron chi connectivity index (χ3n) is 5.16. The Morgan fingerprint density at radius 2 is 1.90 bits per heavy atom. The molecule has 2 heterocycles. The lowest BCUT2D eigenvalue weighted by atomic mass is 10.1. The topological polar surface area (TPSA) is 105 Å². The van der Waals surface area contributed by atoms with Crippen LogP contribution in [0.2, 0.25) is 0 Å². The van der Waals surface area contributed by atoms with Gasteiger partial charge in [0.2, 0.25) is 0 Å². The highest BCUT2D eigenvalue weighted by Gasteiger charge is 2.26. The van der Waals surface area contributed by atoms with Crippen LogP contribution in [0.1, 0.15) is 31.8 Å². The highest BCUT2D eigenvalue weighted by molar-refractivity contribution is 6.09. The van der Waals surface area contributed by atoms with Crippen LogP contribution in [0.3, 0.4) is 0 Å². The van der Waals surface area contributed by atoms with E-state index in [0.717, 1.165) is 17.7 Å². The summed E-state index contributed by atoms with van der Waals surface area (Å²) in [5.41, 5.74) is 3.24. The van der Waals surface area contributed by atoms with E-state index in [4.69, 9.17) is 0 Å². The van der Waals surface area contributed by atoms with Crippen molar-refractivity contribution >= 4 is 28.9 Å². The second-order valence-corrected chi connectivity index (χ2v) is 6.95. The number of hydrogen-bond acceptors (Lipinski definition) is 5. The smallest absolute Gasteiger partial charge is 0.273 e. The highest BCUT2D eigenvalue weighted by atomic mass is 16.6. The lowest BCUT2D eigenvalue weighted by molar-refractivity contribution is -0.385. The van der Waals surface area contributed by atoms with Gasteiger partial charge in [-0.15, -0.1) is 0 Å². The van der Waals surface area contributed by atoms with Gasteiger partial charge in [0.25, 0.3) is 17.5 Å². The highest BCUT2D eigenvalue weighted by Crippen LogP contribution is 2.32. The summed E-state index contributed by atoms with van der Waals surface area (Å²) in [7, 11) is 0. The lowest BCUT2D eigenvalue weighted by Gasteiger charge is -2.18. The Bertz CT molecular complexity index is 1160. The van der Waals surface area contributed by atoms with E-state index >= 15 is 0 Å². The summed E-state index contributed by atoms with van der Waals surface area (Å²) in [5, 5.41) is 13.9. The van der Waals surface area contributed by atoms with Gasteiger partial charge in [0.05, 0.1) is 4.92 Å². The summed E-state index contributed by atoms with van der Waals surface area (Å²) in [6.45, 7) is 2.10. The predicted molar refractivity (Wildman–Crippen MR) is 112 cm³/mol. The van der Waals surface area contributed by atoms with Gasteiger partial charge in [-0.05, 0) is 49.2 Å². The molecule has 0 bridgehead atoms. The van der Waals surface area contributed by atoms with Crippen molar-refractivity contribution in [3.8, 4) is 0 Å². The second-order valence-electron chi connectivity index (χ2n) is 6.95. The minimum atomic E-state index is -0.510. The Kier molecular flexibility index (Phi) is 4.97. The first-order valence-corrected chi connectivity index (χ1v) is 9.36. The Labute approximate surface area is 172 Å². The maximum atomic E-state index is 12.9. The molecule has 2 amide bonds. The molecule has 0 saturated carbocycles. The molecule has 1 N–H and O–H groups in total. The van der Waals surface area contributed by atoms with Crippen molar-refractivity contribution in [2.45, 2.75) is 13.3 Å². The molecule has 0 radical (unpaired) electrons. The Morgan fingerprint density at radius 1 is 1.13 bits per heavy atom. The summed E-state index contributed by atoms with van der Waals surface area (Å²) in [6, 6.07) is 13.1. The largest absolute Gasteiger partial charge is 0.322 e. The number of rotatable bonds is 4. The maximum absolute atomic E-state index is 12.9. The Balaban J connectivity index is 1.59. The van der Waals surface area contributed by atoms with Crippen LogP contribution in [0.15, 0.2) is 60.9 Å². The standard InChI is InChI=1S/C22H18N4O4/c1-14-18(3-2-4-19(14)26(29)30)21(27)24-17-6-5-15-9-12-25(20(15)13-17)22(28)16-7-10-23-11-8-16/h2-8,10-11,13H,9,12H2,1H3,(H,24,27). The van der Waals surface area contributed by atoms with E-state index in [1.807, 2.05) is 6.07 Å². The van der Waals surface area contributed by atoms with Crippen molar-refractivity contribution in [3.63, 3.8) is 0 Å². The molecular weight excluding hydrogens is 384 g/mol. The fraction of sp³-hybridized carbons (Fsp3) is 0.136. The molecule has 0 unspecified atom stereocenters. The Morgan fingerprint density at radius 3 is 2.63 bits per heavy atom. The van der Waals surface area contributed by atoms with E-state index in [1.54, 1.807) is 54.5 Å². The molecular formula is C22H18N4O4. The zero-order valence-electron chi connectivity index (χ0n) is 16.2. The van der Waals surface area contributed by atoms with E-state index in [2.05, 4.69) is 10.3 Å². The first-order chi connectivity index (χ1) is 14.5. The van der Waals surface area contributed by atoms with Gasteiger partial charge in [-0.25, -0.2) is 0 Å². The summed E-state index contributed by atoms with van der Waals surface area (Å²) >= 11 is 0. The number of carbonyl (C=O) groups excluding carboxylic acids is 2. The third kappa shape index (κ3) is 3.50. The number of anilines is 2. The van der Waals surface area contributed by atoms with Gasteiger partial charge in [0, 0.05) is 53.1 Å². The molecule has 0 spiro atoms. The monoisotopic (exact) mass is 402 g/mol. The first-order valence-electron chi connectivity index (χ1n) is 9.36. The van der Waals surface area contributed by atoms with Gasteiger partial charge < -0.3 is 10.2 Å². The molecule has 0 aliphatic carbocycles. The second kappa shape index (κ2) is 7.75. The molecule has 0 fully saturated rings. The molecule has 30 heavy (non-hydrogen) atoms. The average Bonchev–Trinajstić information content (AvgIpc) is 3.17. The minimum Gasteiger partial charge on any atom is -0.322 e. The molecule has 8 nitrogen and oxygen atoms in total. The van der Waals surface area contributed by atoms with Gasteiger partial charge >= 0.3 is 0 Å². The van der Waals surface area contributed by atoms with Crippen molar-refractivity contribution in [1.29, 1.82) is 0 Å². The maximum Gasteiger partial charge on any atom is 0.273 e. The quantitative estimate of drug-likeness (QED) is 0.528. The average molecular weight is 402 g/mol. The molecule has 1 aliphatic heterocycles. The molecule has 4 rings (SSSR count). The van der Waals surface area contributed by atoms with Crippen LogP contribution in [0.25, 0.3) is 0 Å². The number of aromatic nitrogens is 1. The minimum absolute atomic E-state index is 0.106. The normalized spacial score (nSPS) is 12.4. The van der Waals surface area contributed by atoms with E-state index < -0.39 is 10.8 Å². The van der Waals surface area contributed by atoms with E-state index in [0.29, 0.717) is 23.4 Å². The van der Waals surface area contributed by atoms with Crippen LogP contribution in [0, 0.1) is 17.0 Å². The number of nitro benzene ring substituents is 1. The van der Waals surface area contributed by atoms with E-state index in [9.17, 15) is 19.7 Å². The number of fused-ring (bicyclic) bond motifs is 1. The number of carbonyl (C=O) groups is 2. The van der Waals surface area contributed by atoms with Gasteiger partial charge in [0.1, 0.15) is 0 Å². The third-order valence-corrected chi connectivity index (χ3v) is 5.16. The number of amides is 2. The molecule has 0 saturated heterocycles. The van der Waals surface area contributed by atoms with Gasteiger partial charge in [-0.3, -0.25) is 24.7 Å². The summed E-state index contributed by atoms with van der Waals surface area (Å²) in [6.07, 6.45) is 3.87. The lowest BCUT2D eigenvalue weighted by Crippen LogP contribution is -2.28. The van der Waals surface area contributed by atoms with Crippen LogP contribution in [-0.2, 0) is 6.42 Å². The van der Waals surface area contributed by atoms with Gasteiger partial charge in [-0.2, -0.15) is 0 Å². The van der Waals surface area contributed by atoms with Crippen LogP contribution >= 0.6 is 0 Å². The predicted octanol–water partition coefficient (Wildman–Crippen LogP) is 3.75. The van der Waals surface area contributed by atoms with Gasteiger partial charge in [-0.1, -0.05) is 12.1 Å². The van der Waals surface area contributed by atoms with E-state index in [1.165, 1.54) is 12.1 Å². The Hall–Kier alpha value is -4.07. The van der Waals surface area contributed by atoms with Crippen molar-refractivity contribution in [2.24, 2.45) is 0 Å². The van der Waals surface area contributed by atoms with Crippen LogP contribution < -0.4 is 10.2 Å². The van der Waals surface area contributed by atoms with E-state index in [-0.39, 0.29) is 17.2 Å². The number of nitrogens with zero attached hydrogens (tertiary/aromatic N) is 3. The summed E-state index contributed by atoms with van der Waals surface area (Å²) in [4.78, 5) is 41.8. The molecule has 2 aromatic carbocycles. The van der Waals surface area contributed by atoms with Crippen LogP contribution in [0.5, 0.6) is 0 Å². The number of benzene rings is 2. The molecule has 8 heteroatoms. The number of nitro groups is 1. The van der Waals surface area contributed by atoms with Crippen molar-refractivity contribution in [3.05, 3.63) is 93.3 Å². The molecule has 1 aromatic heterocycles. The fourth-order valence-corrected chi connectivity index (χ4v) is 3.58. The van der Waals surface area contributed by atoms with Crippen molar-refractivity contribution in [2.75, 3.05) is 16.8 Å². The zero-order chi connectivity index (χ0) is 21.3. The SMILES string of the molecule is Cc1c(C(=O)Nc2ccc3c(c2)N(C(=O)c2ccncc2)CC3)cccc1[N+](=O)[O-]. The zero-order valence-corrected chi connectivity index (χ0v) is 16.2. The number of pyridine rings is 1.